The van der Waals surface area contributed by atoms with E-state index in [0.29, 0.717) is 19.2 Å². The quantitative estimate of drug-likeness (QED) is 0.727. The first kappa shape index (κ1) is 11.9. The van der Waals surface area contributed by atoms with Crippen molar-refractivity contribution >= 4 is 5.97 Å². The fourth-order valence-corrected chi connectivity index (χ4v) is 3.51. The van der Waals surface area contributed by atoms with Gasteiger partial charge in [0, 0.05) is 6.04 Å². The molecule has 2 bridgehead atoms. The van der Waals surface area contributed by atoms with Gasteiger partial charge < -0.3 is 10.1 Å². The van der Waals surface area contributed by atoms with Crippen LogP contribution in [0.4, 0.5) is 0 Å². The van der Waals surface area contributed by atoms with Crippen molar-refractivity contribution in [1.82, 2.24) is 5.32 Å². The summed E-state index contributed by atoms with van der Waals surface area (Å²) in [5, 5.41) is 3.32. The van der Waals surface area contributed by atoms with Gasteiger partial charge in [-0.1, -0.05) is 6.42 Å². The number of nitrogens with one attached hydrogen (secondary N) is 1. The number of esters is 1. The van der Waals surface area contributed by atoms with E-state index in [4.69, 9.17) is 4.74 Å². The number of hydrogen-bond donors (Lipinski definition) is 1. The Morgan fingerprint density at radius 1 is 1.44 bits per heavy atom. The van der Waals surface area contributed by atoms with Gasteiger partial charge in [-0.3, -0.25) is 4.79 Å². The van der Waals surface area contributed by atoms with Crippen LogP contribution in [0.5, 0.6) is 0 Å². The molecule has 2 aliphatic carbocycles. The monoisotopic (exact) mass is 225 g/mol. The van der Waals surface area contributed by atoms with E-state index in [1.807, 2.05) is 6.92 Å². The highest BCUT2D eigenvalue weighted by Gasteiger charge is 2.41. The molecule has 0 radical (unpaired) electrons. The van der Waals surface area contributed by atoms with Gasteiger partial charge in [-0.25, -0.2) is 0 Å². The van der Waals surface area contributed by atoms with Crippen molar-refractivity contribution in [2.45, 2.75) is 45.6 Å². The molecular weight excluding hydrogens is 202 g/mol. The molecule has 0 aromatic rings. The van der Waals surface area contributed by atoms with Crippen molar-refractivity contribution in [3.05, 3.63) is 0 Å². The van der Waals surface area contributed by atoms with Crippen LogP contribution in [0.1, 0.15) is 39.5 Å². The van der Waals surface area contributed by atoms with E-state index >= 15 is 0 Å². The second-order valence-electron chi connectivity index (χ2n) is 5.31. The zero-order chi connectivity index (χ0) is 11.5. The number of hydrogen-bond acceptors (Lipinski definition) is 3. The van der Waals surface area contributed by atoms with Crippen LogP contribution in [-0.2, 0) is 9.53 Å². The largest absolute Gasteiger partial charge is 0.465 e. The molecule has 4 unspecified atom stereocenters. The minimum absolute atomic E-state index is 0.127. The van der Waals surface area contributed by atoms with Gasteiger partial charge in [-0.05, 0) is 50.9 Å². The van der Waals surface area contributed by atoms with Gasteiger partial charge in [-0.15, -0.1) is 0 Å². The molecule has 0 heterocycles. The number of rotatable bonds is 5. The molecule has 0 aliphatic heterocycles. The van der Waals surface area contributed by atoms with Crippen LogP contribution in [0, 0.1) is 17.8 Å². The predicted octanol–water partition coefficient (Wildman–Crippen LogP) is 1.96. The first-order valence-corrected chi connectivity index (χ1v) is 6.59. The molecule has 0 aromatic carbocycles. The molecule has 4 atom stereocenters. The van der Waals surface area contributed by atoms with Crippen molar-refractivity contribution in [3.63, 3.8) is 0 Å². The van der Waals surface area contributed by atoms with Gasteiger partial charge in [-0.2, -0.15) is 0 Å². The fraction of sp³-hybridized carbons (Fsp3) is 0.923. The average Bonchev–Trinajstić information content (AvgIpc) is 2.88. The topological polar surface area (TPSA) is 38.3 Å². The molecule has 2 aliphatic rings. The van der Waals surface area contributed by atoms with Crippen LogP contribution in [0.25, 0.3) is 0 Å². The summed E-state index contributed by atoms with van der Waals surface area (Å²) >= 11 is 0. The minimum atomic E-state index is -0.127. The van der Waals surface area contributed by atoms with E-state index in [0.717, 1.165) is 17.8 Å². The lowest BCUT2D eigenvalue weighted by atomic mass is 9.84. The number of ether oxygens (including phenoxy) is 1. The Balaban J connectivity index is 1.72. The van der Waals surface area contributed by atoms with Gasteiger partial charge >= 0.3 is 5.97 Å². The molecule has 16 heavy (non-hydrogen) atoms. The van der Waals surface area contributed by atoms with E-state index in [2.05, 4.69) is 12.2 Å². The molecule has 3 nitrogen and oxygen atoms in total. The third-order valence-corrected chi connectivity index (χ3v) is 4.31. The average molecular weight is 225 g/mol. The van der Waals surface area contributed by atoms with Crippen LogP contribution >= 0.6 is 0 Å². The maximum absolute atomic E-state index is 11.2. The normalized spacial score (nSPS) is 34.0. The number of carbonyl (C=O) groups is 1. The lowest BCUT2D eigenvalue weighted by molar-refractivity contribution is -0.142. The number of fused-ring (bicyclic) bond motifs is 2. The Hall–Kier alpha value is -0.570. The van der Waals surface area contributed by atoms with Crippen molar-refractivity contribution in [1.29, 1.82) is 0 Å². The second kappa shape index (κ2) is 5.17. The van der Waals surface area contributed by atoms with Crippen molar-refractivity contribution < 1.29 is 9.53 Å². The maximum atomic E-state index is 11.2. The van der Waals surface area contributed by atoms with Gasteiger partial charge in [0.2, 0.25) is 0 Å². The molecule has 2 fully saturated rings. The lowest BCUT2D eigenvalue weighted by Gasteiger charge is -2.28. The summed E-state index contributed by atoms with van der Waals surface area (Å²) < 4.78 is 4.92. The molecule has 3 heteroatoms. The van der Waals surface area contributed by atoms with E-state index < -0.39 is 0 Å². The highest BCUT2D eigenvalue weighted by molar-refractivity contribution is 5.71. The summed E-state index contributed by atoms with van der Waals surface area (Å²) in [4.78, 5) is 11.2. The molecule has 0 amide bonds. The Morgan fingerprint density at radius 3 is 2.81 bits per heavy atom. The maximum Gasteiger partial charge on any atom is 0.319 e. The van der Waals surface area contributed by atoms with Gasteiger partial charge in [0.15, 0.2) is 0 Å². The Labute approximate surface area is 97.9 Å². The zero-order valence-corrected chi connectivity index (χ0v) is 10.4. The molecule has 0 spiro atoms. The van der Waals surface area contributed by atoms with E-state index in [1.54, 1.807) is 0 Å². The molecule has 92 valence electrons. The molecule has 2 rings (SSSR count). The van der Waals surface area contributed by atoms with Crippen LogP contribution in [0.3, 0.4) is 0 Å². The highest BCUT2D eigenvalue weighted by atomic mass is 16.5. The lowest BCUT2D eigenvalue weighted by Crippen LogP contribution is -2.39. The minimum Gasteiger partial charge on any atom is -0.465 e. The van der Waals surface area contributed by atoms with Crippen LogP contribution < -0.4 is 5.32 Å². The molecule has 0 saturated heterocycles. The summed E-state index contributed by atoms with van der Waals surface area (Å²) in [5.41, 5.74) is 0. The molecule has 0 aromatic heterocycles. The van der Waals surface area contributed by atoms with Gasteiger partial charge in [0.05, 0.1) is 13.2 Å². The molecular formula is C13H23NO2. The fourth-order valence-electron chi connectivity index (χ4n) is 3.51. The second-order valence-corrected chi connectivity index (χ2v) is 5.31. The van der Waals surface area contributed by atoms with Crippen LogP contribution in [0.2, 0.25) is 0 Å². The third kappa shape index (κ3) is 2.57. The van der Waals surface area contributed by atoms with Gasteiger partial charge in [0.25, 0.3) is 0 Å². The van der Waals surface area contributed by atoms with E-state index in [-0.39, 0.29) is 5.97 Å². The predicted molar refractivity (Wildman–Crippen MR) is 63.0 cm³/mol. The van der Waals surface area contributed by atoms with E-state index in [9.17, 15) is 4.79 Å². The summed E-state index contributed by atoms with van der Waals surface area (Å²) in [6, 6.07) is 0.458. The van der Waals surface area contributed by atoms with Crippen molar-refractivity contribution in [2.24, 2.45) is 17.8 Å². The summed E-state index contributed by atoms with van der Waals surface area (Å²) in [7, 11) is 0. The smallest absolute Gasteiger partial charge is 0.319 e. The van der Waals surface area contributed by atoms with Crippen LogP contribution in [0.15, 0.2) is 0 Å². The summed E-state index contributed by atoms with van der Waals surface area (Å²) in [6.07, 6.45) is 5.63. The molecule has 2 saturated carbocycles. The standard InChI is InChI=1S/C13H23NO2/c1-3-16-13(15)8-14-9(2)12-7-10-4-5-11(12)6-10/h9-12,14H,3-8H2,1-2H3. The molecule has 1 N–H and O–H groups in total. The van der Waals surface area contributed by atoms with Crippen molar-refractivity contribution in [3.8, 4) is 0 Å². The Morgan fingerprint density at radius 2 is 2.25 bits per heavy atom. The zero-order valence-electron chi connectivity index (χ0n) is 10.4. The first-order valence-electron chi connectivity index (χ1n) is 6.59. The third-order valence-electron chi connectivity index (χ3n) is 4.31. The van der Waals surface area contributed by atoms with Crippen LogP contribution in [-0.4, -0.2) is 25.2 Å². The highest BCUT2D eigenvalue weighted by Crippen LogP contribution is 2.49. The van der Waals surface area contributed by atoms with Gasteiger partial charge in [0.1, 0.15) is 0 Å². The number of carbonyl (C=O) groups excluding carboxylic acids is 1. The SMILES string of the molecule is CCOC(=O)CNC(C)C1CC2CCC1C2. The first-order chi connectivity index (χ1) is 7.70. The summed E-state index contributed by atoms with van der Waals surface area (Å²) in [5.74, 6) is 2.54. The van der Waals surface area contributed by atoms with E-state index in [1.165, 1.54) is 25.7 Å². The van der Waals surface area contributed by atoms with Crippen molar-refractivity contribution in [2.75, 3.05) is 13.2 Å². The Kier molecular flexibility index (Phi) is 3.85. The Bertz CT molecular complexity index is 254. The summed E-state index contributed by atoms with van der Waals surface area (Å²) in [6.45, 7) is 4.90.